The van der Waals surface area contributed by atoms with Crippen molar-refractivity contribution in [2.75, 3.05) is 19.7 Å². The van der Waals surface area contributed by atoms with Gasteiger partial charge in [-0.1, -0.05) is 19.1 Å². The second-order valence-corrected chi connectivity index (χ2v) is 5.36. The maximum absolute atomic E-state index is 13.0. The lowest BCUT2D eigenvalue weighted by atomic mass is 10.1. The number of nitrogens with zero attached hydrogens (tertiary/aromatic N) is 5. The molecule has 0 bridgehead atoms. The molecule has 1 aromatic carbocycles. The van der Waals surface area contributed by atoms with Gasteiger partial charge >= 0.3 is 0 Å². The molecule has 7 nitrogen and oxygen atoms in total. The van der Waals surface area contributed by atoms with Crippen molar-refractivity contribution in [2.45, 2.75) is 26.0 Å². The highest BCUT2D eigenvalue weighted by Gasteiger charge is 2.26. The first-order valence-electron chi connectivity index (χ1n) is 7.57. The normalized spacial score (nSPS) is 18.2. The fourth-order valence-corrected chi connectivity index (χ4v) is 2.58. The van der Waals surface area contributed by atoms with Crippen molar-refractivity contribution in [3.05, 3.63) is 41.5 Å². The van der Waals surface area contributed by atoms with Crippen LogP contribution in [-0.2, 0) is 22.5 Å². The molecule has 1 fully saturated rings. The van der Waals surface area contributed by atoms with E-state index in [1.54, 1.807) is 17.0 Å². The lowest BCUT2D eigenvalue weighted by molar-refractivity contribution is -0.139. The van der Waals surface area contributed by atoms with E-state index in [0.717, 1.165) is 5.56 Å². The zero-order valence-electron chi connectivity index (χ0n) is 12.9. The number of tetrazole rings is 1. The Morgan fingerprint density at radius 1 is 1.39 bits per heavy atom. The molecule has 0 spiro atoms. The number of aryl methyl sites for hydroxylation is 1. The van der Waals surface area contributed by atoms with Crippen molar-refractivity contribution >= 4 is 5.91 Å². The van der Waals surface area contributed by atoms with Gasteiger partial charge in [0.1, 0.15) is 18.5 Å². The first-order chi connectivity index (χ1) is 11.2. The standard InChI is InChI=1S/C15H18FN5O2/c1-2-14-17-18-19-21(14)10-15(22)20-7-8-23-13(9-20)11-3-5-12(16)6-4-11/h3-6,13H,2,7-10H2,1H3. The van der Waals surface area contributed by atoms with E-state index in [1.165, 1.54) is 16.8 Å². The molecule has 1 aliphatic heterocycles. The Hall–Kier alpha value is -2.35. The summed E-state index contributed by atoms with van der Waals surface area (Å²) < 4.78 is 20.2. The van der Waals surface area contributed by atoms with E-state index in [2.05, 4.69) is 15.5 Å². The van der Waals surface area contributed by atoms with Gasteiger partial charge in [0.05, 0.1) is 13.2 Å². The zero-order chi connectivity index (χ0) is 16.2. The van der Waals surface area contributed by atoms with Gasteiger partial charge in [-0.3, -0.25) is 4.79 Å². The van der Waals surface area contributed by atoms with Crippen LogP contribution in [0.2, 0.25) is 0 Å². The van der Waals surface area contributed by atoms with Gasteiger partial charge in [-0.15, -0.1) is 5.10 Å². The van der Waals surface area contributed by atoms with Crippen LogP contribution < -0.4 is 0 Å². The molecule has 0 radical (unpaired) electrons. The van der Waals surface area contributed by atoms with Gasteiger partial charge < -0.3 is 9.64 Å². The number of hydrogen-bond acceptors (Lipinski definition) is 5. The molecule has 3 rings (SSSR count). The summed E-state index contributed by atoms with van der Waals surface area (Å²) >= 11 is 0. The van der Waals surface area contributed by atoms with Crippen LogP contribution in [0.15, 0.2) is 24.3 Å². The quantitative estimate of drug-likeness (QED) is 0.840. The van der Waals surface area contributed by atoms with Gasteiger partial charge in [-0.25, -0.2) is 9.07 Å². The van der Waals surface area contributed by atoms with E-state index < -0.39 is 0 Å². The lowest BCUT2D eigenvalue weighted by Gasteiger charge is -2.33. The summed E-state index contributed by atoms with van der Waals surface area (Å²) in [5, 5.41) is 11.3. The lowest BCUT2D eigenvalue weighted by Crippen LogP contribution is -2.43. The fraction of sp³-hybridized carbons (Fsp3) is 0.467. The molecular formula is C15H18FN5O2. The van der Waals surface area contributed by atoms with Crippen molar-refractivity contribution in [1.82, 2.24) is 25.1 Å². The highest BCUT2D eigenvalue weighted by Crippen LogP contribution is 2.22. The number of amides is 1. The predicted octanol–water partition coefficient (Wildman–Crippen LogP) is 0.975. The highest BCUT2D eigenvalue weighted by atomic mass is 19.1. The second-order valence-electron chi connectivity index (χ2n) is 5.36. The molecule has 1 amide bonds. The maximum atomic E-state index is 13.0. The molecule has 23 heavy (non-hydrogen) atoms. The monoisotopic (exact) mass is 319 g/mol. The van der Waals surface area contributed by atoms with Gasteiger partial charge in [0, 0.05) is 13.0 Å². The topological polar surface area (TPSA) is 73.1 Å². The van der Waals surface area contributed by atoms with Crippen LogP contribution in [0.5, 0.6) is 0 Å². The minimum atomic E-state index is -0.289. The Morgan fingerprint density at radius 2 is 2.17 bits per heavy atom. The minimum Gasteiger partial charge on any atom is -0.370 e. The molecule has 0 aliphatic carbocycles. The molecule has 1 atom stereocenters. The van der Waals surface area contributed by atoms with Crippen molar-refractivity contribution < 1.29 is 13.9 Å². The molecule has 2 heterocycles. The van der Waals surface area contributed by atoms with Gasteiger partial charge in [0.2, 0.25) is 5.91 Å². The van der Waals surface area contributed by atoms with Crippen LogP contribution in [0.25, 0.3) is 0 Å². The molecular weight excluding hydrogens is 301 g/mol. The number of ether oxygens (including phenoxy) is 1. The van der Waals surface area contributed by atoms with E-state index in [4.69, 9.17) is 4.74 Å². The average molecular weight is 319 g/mol. The summed E-state index contributed by atoms with van der Waals surface area (Å²) in [5.74, 6) is 0.340. The summed E-state index contributed by atoms with van der Waals surface area (Å²) in [6.07, 6.45) is 0.425. The Kier molecular flexibility index (Phi) is 4.61. The average Bonchev–Trinajstić information content (AvgIpc) is 3.03. The van der Waals surface area contributed by atoms with E-state index in [1.807, 2.05) is 6.92 Å². The van der Waals surface area contributed by atoms with Gasteiger partial charge in [0.25, 0.3) is 0 Å². The van der Waals surface area contributed by atoms with E-state index in [0.29, 0.717) is 31.9 Å². The third-order valence-corrected chi connectivity index (χ3v) is 3.87. The summed E-state index contributed by atoms with van der Waals surface area (Å²) in [6.45, 7) is 3.47. The summed E-state index contributed by atoms with van der Waals surface area (Å²) in [4.78, 5) is 14.2. The number of benzene rings is 1. The van der Waals surface area contributed by atoms with E-state index in [-0.39, 0.29) is 24.4 Å². The Morgan fingerprint density at radius 3 is 2.91 bits per heavy atom. The van der Waals surface area contributed by atoms with Crippen LogP contribution in [0.4, 0.5) is 4.39 Å². The van der Waals surface area contributed by atoms with Crippen molar-refractivity contribution in [2.24, 2.45) is 0 Å². The number of carbonyl (C=O) groups excluding carboxylic acids is 1. The molecule has 1 aliphatic rings. The zero-order valence-corrected chi connectivity index (χ0v) is 12.9. The van der Waals surface area contributed by atoms with Gasteiger partial charge in [-0.05, 0) is 28.1 Å². The largest absolute Gasteiger partial charge is 0.370 e. The molecule has 1 unspecified atom stereocenters. The van der Waals surface area contributed by atoms with E-state index in [9.17, 15) is 9.18 Å². The Labute approximate surface area is 133 Å². The number of rotatable bonds is 4. The first-order valence-corrected chi connectivity index (χ1v) is 7.57. The van der Waals surface area contributed by atoms with Crippen molar-refractivity contribution in [3.63, 3.8) is 0 Å². The van der Waals surface area contributed by atoms with Crippen LogP contribution >= 0.6 is 0 Å². The van der Waals surface area contributed by atoms with Gasteiger partial charge in [0.15, 0.2) is 5.82 Å². The molecule has 1 saturated heterocycles. The van der Waals surface area contributed by atoms with Gasteiger partial charge in [-0.2, -0.15) is 0 Å². The fourth-order valence-electron chi connectivity index (χ4n) is 2.58. The third kappa shape index (κ3) is 3.53. The Bertz CT molecular complexity index is 673. The van der Waals surface area contributed by atoms with Crippen LogP contribution in [0.1, 0.15) is 24.4 Å². The molecule has 8 heteroatoms. The summed E-state index contributed by atoms with van der Waals surface area (Å²) in [7, 11) is 0. The van der Waals surface area contributed by atoms with Crippen molar-refractivity contribution in [1.29, 1.82) is 0 Å². The minimum absolute atomic E-state index is 0.0533. The summed E-state index contributed by atoms with van der Waals surface area (Å²) in [5.41, 5.74) is 0.862. The molecule has 2 aromatic rings. The van der Waals surface area contributed by atoms with Crippen LogP contribution in [-0.4, -0.2) is 50.7 Å². The van der Waals surface area contributed by atoms with E-state index >= 15 is 0 Å². The number of morpholine rings is 1. The second kappa shape index (κ2) is 6.82. The van der Waals surface area contributed by atoms with Crippen LogP contribution in [0, 0.1) is 5.82 Å². The molecule has 1 aromatic heterocycles. The molecule has 122 valence electrons. The summed E-state index contributed by atoms with van der Waals surface area (Å²) in [6, 6.07) is 6.16. The first kappa shape index (κ1) is 15.5. The number of halogens is 1. The van der Waals surface area contributed by atoms with Crippen molar-refractivity contribution in [3.8, 4) is 0 Å². The molecule has 0 saturated carbocycles. The number of carbonyl (C=O) groups is 1. The SMILES string of the molecule is CCc1nnnn1CC(=O)N1CCOC(c2ccc(F)cc2)C1. The predicted molar refractivity (Wildman–Crippen MR) is 78.9 cm³/mol. The highest BCUT2D eigenvalue weighted by molar-refractivity contribution is 5.76. The maximum Gasteiger partial charge on any atom is 0.244 e. The Balaban J connectivity index is 1.66. The number of hydrogen-bond donors (Lipinski definition) is 0. The third-order valence-electron chi connectivity index (χ3n) is 3.87. The van der Waals surface area contributed by atoms with Crippen LogP contribution in [0.3, 0.4) is 0 Å². The molecule has 0 N–H and O–H groups in total. The smallest absolute Gasteiger partial charge is 0.244 e. The number of aromatic nitrogens is 4.